The number of amides is 1. The van der Waals surface area contributed by atoms with E-state index in [2.05, 4.69) is 15.3 Å². The minimum atomic E-state index is -0.674. The Hall–Kier alpha value is -2.67. The number of hydrogen-bond donors (Lipinski definition) is 3. The lowest BCUT2D eigenvalue weighted by molar-refractivity contribution is 0.102. The SMILES string of the molecule is O=C(Nc1cccnc1)c1c(O)c2sccc2[nH]c1=O. The van der Waals surface area contributed by atoms with E-state index in [4.69, 9.17) is 0 Å². The molecular formula is C13H9N3O3S. The minimum Gasteiger partial charge on any atom is -0.505 e. The van der Waals surface area contributed by atoms with Gasteiger partial charge in [-0.05, 0) is 23.6 Å². The summed E-state index contributed by atoms with van der Waals surface area (Å²) in [5, 5.41) is 14.3. The maximum Gasteiger partial charge on any atom is 0.265 e. The Morgan fingerprint density at radius 3 is 3.00 bits per heavy atom. The van der Waals surface area contributed by atoms with Gasteiger partial charge in [-0.2, -0.15) is 0 Å². The van der Waals surface area contributed by atoms with E-state index in [0.717, 1.165) is 0 Å². The van der Waals surface area contributed by atoms with E-state index in [1.165, 1.54) is 17.5 Å². The van der Waals surface area contributed by atoms with Crippen molar-refractivity contribution in [2.75, 3.05) is 5.32 Å². The number of thiophene rings is 1. The predicted molar refractivity (Wildman–Crippen MR) is 76.3 cm³/mol. The zero-order chi connectivity index (χ0) is 14.1. The molecule has 0 unspecified atom stereocenters. The summed E-state index contributed by atoms with van der Waals surface area (Å²) < 4.78 is 0.473. The van der Waals surface area contributed by atoms with Crippen LogP contribution in [0.3, 0.4) is 0 Å². The predicted octanol–water partition coefficient (Wildman–Crippen LogP) is 1.94. The van der Waals surface area contributed by atoms with E-state index >= 15 is 0 Å². The van der Waals surface area contributed by atoms with Gasteiger partial charge in [0.05, 0.1) is 22.1 Å². The number of nitrogens with one attached hydrogen (secondary N) is 2. The molecule has 0 atom stereocenters. The third-order valence-electron chi connectivity index (χ3n) is 2.74. The number of aromatic hydroxyl groups is 1. The number of H-pyrrole nitrogens is 1. The Kier molecular flexibility index (Phi) is 2.96. The molecule has 3 heterocycles. The van der Waals surface area contributed by atoms with Gasteiger partial charge in [0.1, 0.15) is 5.56 Å². The molecule has 3 aromatic rings. The Labute approximate surface area is 116 Å². The third kappa shape index (κ3) is 2.04. The van der Waals surface area contributed by atoms with Gasteiger partial charge in [0, 0.05) is 6.20 Å². The number of aromatic amines is 1. The van der Waals surface area contributed by atoms with Crippen LogP contribution in [-0.2, 0) is 0 Å². The second-order valence-electron chi connectivity index (χ2n) is 4.04. The summed E-state index contributed by atoms with van der Waals surface area (Å²) in [4.78, 5) is 30.4. The number of aromatic nitrogens is 2. The molecule has 1 amide bonds. The summed E-state index contributed by atoms with van der Waals surface area (Å²) in [5.74, 6) is -0.979. The largest absolute Gasteiger partial charge is 0.505 e. The van der Waals surface area contributed by atoms with Crippen molar-refractivity contribution in [1.82, 2.24) is 9.97 Å². The second-order valence-corrected chi connectivity index (χ2v) is 4.95. The molecule has 7 heteroatoms. The van der Waals surface area contributed by atoms with Gasteiger partial charge >= 0.3 is 0 Å². The average molecular weight is 287 g/mol. The van der Waals surface area contributed by atoms with E-state index in [1.807, 2.05) is 0 Å². The van der Waals surface area contributed by atoms with Gasteiger partial charge in [-0.15, -0.1) is 11.3 Å². The number of hydrogen-bond acceptors (Lipinski definition) is 5. The molecule has 0 aromatic carbocycles. The van der Waals surface area contributed by atoms with E-state index in [1.54, 1.807) is 29.8 Å². The molecule has 0 aliphatic carbocycles. The van der Waals surface area contributed by atoms with Gasteiger partial charge in [0.25, 0.3) is 11.5 Å². The minimum absolute atomic E-state index is 0.302. The van der Waals surface area contributed by atoms with Crippen molar-refractivity contribution in [2.45, 2.75) is 0 Å². The quantitative estimate of drug-likeness (QED) is 0.671. The lowest BCUT2D eigenvalue weighted by Crippen LogP contribution is -2.23. The maximum atomic E-state index is 12.1. The molecule has 20 heavy (non-hydrogen) atoms. The van der Waals surface area contributed by atoms with E-state index in [0.29, 0.717) is 15.9 Å². The molecule has 6 nitrogen and oxygen atoms in total. The summed E-state index contributed by atoms with van der Waals surface area (Å²) in [5.41, 5.74) is 0.0246. The van der Waals surface area contributed by atoms with Crippen molar-refractivity contribution in [3.8, 4) is 5.75 Å². The van der Waals surface area contributed by atoms with Crippen LogP contribution in [-0.4, -0.2) is 21.0 Å². The van der Waals surface area contributed by atoms with Crippen molar-refractivity contribution >= 4 is 33.1 Å². The highest BCUT2D eigenvalue weighted by Gasteiger charge is 2.19. The topological polar surface area (TPSA) is 95.1 Å². The number of pyridine rings is 2. The number of rotatable bonds is 2. The molecule has 100 valence electrons. The molecule has 3 rings (SSSR count). The fourth-order valence-electron chi connectivity index (χ4n) is 1.84. The number of fused-ring (bicyclic) bond motifs is 1. The highest BCUT2D eigenvalue weighted by Crippen LogP contribution is 2.29. The van der Waals surface area contributed by atoms with Gasteiger partial charge in [0.2, 0.25) is 0 Å². The number of carbonyl (C=O) groups excluding carboxylic acids is 1. The van der Waals surface area contributed by atoms with Crippen molar-refractivity contribution in [2.24, 2.45) is 0 Å². The van der Waals surface area contributed by atoms with Crippen LogP contribution < -0.4 is 10.9 Å². The first kappa shape index (κ1) is 12.4. The van der Waals surface area contributed by atoms with Gasteiger partial charge in [-0.25, -0.2) is 0 Å². The van der Waals surface area contributed by atoms with E-state index in [-0.39, 0.29) is 11.3 Å². The summed E-state index contributed by atoms with van der Waals surface area (Å²) in [6.07, 6.45) is 3.02. The molecule has 0 saturated carbocycles. The molecule has 0 saturated heterocycles. The lowest BCUT2D eigenvalue weighted by atomic mass is 10.2. The summed E-state index contributed by atoms with van der Waals surface area (Å²) in [6.45, 7) is 0. The Morgan fingerprint density at radius 2 is 2.25 bits per heavy atom. The Morgan fingerprint density at radius 1 is 1.40 bits per heavy atom. The van der Waals surface area contributed by atoms with Crippen molar-refractivity contribution in [3.05, 3.63) is 51.9 Å². The van der Waals surface area contributed by atoms with E-state index < -0.39 is 11.5 Å². The molecule has 3 aromatic heterocycles. The molecular weight excluding hydrogens is 278 g/mol. The average Bonchev–Trinajstić information content (AvgIpc) is 2.88. The van der Waals surface area contributed by atoms with Gasteiger partial charge in [0.15, 0.2) is 5.75 Å². The van der Waals surface area contributed by atoms with E-state index in [9.17, 15) is 14.7 Å². The summed E-state index contributed by atoms with van der Waals surface area (Å²) >= 11 is 1.25. The number of anilines is 1. The van der Waals surface area contributed by atoms with Crippen molar-refractivity contribution in [3.63, 3.8) is 0 Å². The fourth-order valence-corrected chi connectivity index (χ4v) is 2.64. The standard InChI is InChI=1S/C13H9N3O3S/c17-10-9(12(18)15-7-2-1-4-14-6-7)13(19)16-8-3-5-20-11(8)10/h1-6H,(H,15,18)(H2,16,17,19). The van der Waals surface area contributed by atoms with Crippen LogP contribution >= 0.6 is 11.3 Å². The first-order chi connectivity index (χ1) is 9.66. The molecule has 0 radical (unpaired) electrons. The monoisotopic (exact) mass is 287 g/mol. The zero-order valence-electron chi connectivity index (χ0n) is 10.1. The maximum absolute atomic E-state index is 12.1. The molecule has 0 aliphatic rings. The van der Waals surface area contributed by atoms with Crippen molar-refractivity contribution in [1.29, 1.82) is 0 Å². The third-order valence-corrected chi connectivity index (χ3v) is 3.66. The highest BCUT2D eigenvalue weighted by atomic mass is 32.1. The van der Waals surface area contributed by atoms with Crippen LogP contribution in [0.25, 0.3) is 10.2 Å². The Balaban J connectivity index is 2.05. The van der Waals surface area contributed by atoms with Crippen LogP contribution in [0.4, 0.5) is 5.69 Å². The molecule has 0 bridgehead atoms. The first-order valence-electron chi connectivity index (χ1n) is 5.70. The smallest absolute Gasteiger partial charge is 0.265 e. The van der Waals surface area contributed by atoms with Crippen LogP contribution in [0.1, 0.15) is 10.4 Å². The first-order valence-corrected chi connectivity index (χ1v) is 6.58. The Bertz CT molecular complexity index is 839. The highest BCUT2D eigenvalue weighted by molar-refractivity contribution is 7.17. The molecule has 0 fully saturated rings. The van der Waals surface area contributed by atoms with Gasteiger partial charge in [-0.1, -0.05) is 0 Å². The number of nitrogens with zero attached hydrogens (tertiary/aromatic N) is 1. The van der Waals surface area contributed by atoms with Crippen LogP contribution in [0.2, 0.25) is 0 Å². The van der Waals surface area contributed by atoms with Crippen LogP contribution in [0.5, 0.6) is 5.75 Å². The van der Waals surface area contributed by atoms with Crippen LogP contribution in [0, 0.1) is 0 Å². The number of carbonyl (C=O) groups is 1. The normalized spacial score (nSPS) is 10.6. The zero-order valence-corrected chi connectivity index (χ0v) is 10.9. The van der Waals surface area contributed by atoms with Crippen LogP contribution in [0.15, 0.2) is 40.8 Å². The molecule has 3 N–H and O–H groups in total. The summed E-state index contributed by atoms with van der Waals surface area (Å²) in [6, 6.07) is 4.96. The van der Waals surface area contributed by atoms with Gasteiger partial charge in [-0.3, -0.25) is 14.6 Å². The second kappa shape index (κ2) is 4.78. The summed E-state index contributed by atoms with van der Waals surface area (Å²) in [7, 11) is 0. The fraction of sp³-hybridized carbons (Fsp3) is 0. The lowest BCUT2D eigenvalue weighted by Gasteiger charge is -2.06. The van der Waals surface area contributed by atoms with Crippen molar-refractivity contribution < 1.29 is 9.90 Å². The molecule has 0 aliphatic heterocycles. The van der Waals surface area contributed by atoms with Gasteiger partial charge < -0.3 is 15.4 Å². The molecule has 0 spiro atoms.